The van der Waals surface area contributed by atoms with Gasteiger partial charge in [0.15, 0.2) is 11.5 Å². The minimum absolute atomic E-state index is 0.140. The van der Waals surface area contributed by atoms with E-state index in [2.05, 4.69) is 20.5 Å². The number of hydrogen-bond donors (Lipinski definition) is 1. The van der Waals surface area contributed by atoms with Crippen LogP contribution in [0, 0.1) is 0 Å². The molecule has 0 amide bonds. The monoisotopic (exact) mass is 664 g/mol. The summed E-state index contributed by atoms with van der Waals surface area (Å²) in [4.78, 5) is 23.4. The van der Waals surface area contributed by atoms with E-state index in [1.165, 1.54) is 0 Å². The minimum Gasteiger partial charge on any atom is -0.478 e. The van der Waals surface area contributed by atoms with Crippen molar-refractivity contribution in [3.63, 3.8) is 0 Å². The first-order valence-corrected chi connectivity index (χ1v) is 17.4. The molecule has 0 radical (unpaired) electrons. The third kappa shape index (κ3) is 7.91. The summed E-state index contributed by atoms with van der Waals surface area (Å²) in [7, 11) is 0. The number of aromatic carboxylic acids is 1. The lowest BCUT2D eigenvalue weighted by atomic mass is 9.88. The van der Waals surface area contributed by atoms with Gasteiger partial charge in [0, 0.05) is 25.3 Å². The van der Waals surface area contributed by atoms with Crippen molar-refractivity contribution in [2.75, 3.05) is 19.7 Å². The molecule has 2 atom stereocenters. The van der Waals surface area contributed by atoms with Crippen molar-refractivity contribution in [2.45, 2.75) is 98.6 Å². The molecule has 0 aliphatic carbocycles. The van der Waals surface area contributed by atoms with Gasteiger partial charge in [0.05, 0.1) is 40.8 Å². The zero-order valence-corrected chi connectivity index (χ0v) is 29.5. The fourth-order valence-electron chi connectivity index (χ4n) is 6.08. The average molecular weight is 665 g/mol. The number of imidazole rings is 1. The summed E-state index contributed by atoms with van der Waals surface area (Å²) in [5.41, 5.74) is 3.76. The fourth-order valence-corrected chi connectivity index (χ4v) is 6.19. The Balaban J connectivity index is 0.000000790. The van der Waals surface area contributed by atoms with Crippen molar-refractivity contribution >= 4 is 28.6 Å². The van der Waals surface area contributed by atoms with Crippen LogP contribution >= 0.6 is 11.6 Å². The molecule has 2 saturated heterocycles. The highest BCUT2D eigenvalue weighted by Crippen LogP contribution is 2.49. The number of carboxylic acids is 1. The van der Waals surface area contributed by atoms with Crippen LogP contribution in [0.15, 0.2) is 54.7 Å². The summed E-state index contributed by atoms with van der Waals surface area (Å²) in [5.74, 6) is 0.868. The molecule has 47 heavy (non-hydrogen) atoms. The molecule has 0 bridgehead atoms. The van der Waals surface area contributed by atoms with Gasteiger partial charge < -0.3 is 23.9 Å². The van der Waals surface area contributed by atoms with Crippen LogP contribution in [0.25, 0.3) is 11.0 Å². The highest BCUT2D eigenvalue weighted by molar-refractivity contribution is 6.30. The Bertz CT molecular complexity index is 1610. The van der Waals surface area contributed by atoms with Crippen molar-refractivity contribution in [1.29, 1.82) is 0 Å². The summed E-state index contributed by atoms with van der Waals surface area (Å²) in [6.45, 7) is 17.9. The molecule has 0 spiro atoms. The van der Waals surface area contributed by atoms with Crippen molar-refractivity contribution in [1.82, 2.24) is 19.4 Å². The molecule has 0 saturated carbocycles. The van der Waals surface area contributed by atoms with Gasteiger partial charge in [0.2, 0.25) is 0 Å². The number of carbonyl (C=O) groups is 1. The summed E-state index contributed by atoms with van der Waals surface area (Å²) >= 11 is 6.04. The predicted molar refractivity (Wildman–Crippen MR) is 187 cm³/mol. The number of rotatable bonds is 7. The number of para-hydroxylation sites is 1. The van der Waals surface area contributed by atoms with Crippen LogP contribution in [0.1, 0.15) is 101 Å². The molecule has 5 heterocycles. The maximum atomic E-state index is 11.6. The Hall–Kier alpha value is -3.66. The summed E-state index contributed by atoms with van der Waals surface area (Å²) in [6.07, 6.45) is 4.70. The third-order valence-electron chi connectivity index (χ3n) is 8.45. The summed E-state index contributed by atoms with van der Waals surface area (Å²) in [5, 5.41) is 10.1. The number of halogens is 1. The van der Waals surface area contributed by atoms with E-state index in [-0.39, 0.29) is 11.7 Å². The van der Waals surface area contributed by atoms with E-state index in [0.29, 0.717) is 29.7 Å². The van der Waals surface area contributed by atoms with Gasteiger partial charge in [0.1, 0.15) is 11.5 Å². The number of nitrogens with zero attached hydrogens (tertiary/aromatic N) is 4. The molecule has 3 aliphatic heterocycles. The minimum atomic E-state index is -1.01. The number of piperidine rings is 1. The van der Waals surface area contributed by atoms with Gasteiger partial charge in [-0.15, -0.1) is 0 Å². The number of aromatic nitrogens is 3. The second-order valence-electron chi connectivity index (χ2n) is 11.2. The Labute approximate surface area is 283 Å². The van der Waals surface area contributed by atoms with Crippen LogP contribution in [-0.2, 0) is 23.6 Å². The Morgan fingerprint density at radius 3 is 2.34 bits per heavy atom. The molecule has 2 aromatic heterocycles. The van der Waals surface area contributed by atoms with Crippen molar-refractivity contribution in [2.24, 2.45) is 0 Å². The van der Waals surface area contributed by atoms with Gasteiger partial charge in [-0.1, -0.05) is 65.3 Å². The second kappa shape index (κ2) is 16.4. The number of ether oxygens (including phenoxy) is 3. The lowest BCUT2D eigenvalue weighted by Gasteiger charge is -2.33. The first kappa shape index (κ1) is 36.2. The van der Waals surface area contributed by atoms with Crippen LogP contribution in [-0.4, -0.2) is 56.3 Å². The molecule has 2 fully saturated rings. The Morgan fingerprint density at radius 1 is 1.00 bits per heavy atom. The smallest absolute Gasteiger partial charge is 0.335 e. The fraction of sp³-hybridized carbons (Fsp3) is 0.486. The quantitative estimate of drug-likeness (QED) is 0.210. The molecule has 9 nitrogen and oxygen atoms in total. The van der Waals surface area contributed by atoms with Gasteiger partial charge in [0.25, 0.3) is 5.79 Å². The molecule has 2 unspecified atom stereocenters. The van der Waals surface area contributed by atoms with Crippen LogP contribution in [0.3, 0.4) is 0 Å². The molecule has 254 valence electrons. The first-order valence-electron chi connectivity index (χ1n) is 17.1. The third-order valence-corrected chi connectivity index (χ3v) is 8.67. The van der Waals surface area contributed by atoms with Crippen molar-refractivity contribution in [3.05, 3.63) is 82.4 Å². The lowest BCUT2D eigenvalue weighted by Crippen LogP contribution is -2.35. The van der Waals surface area contributed by atoms with Crippen LogP contribution in [0.2, 0.25) is 5.02 Å². The van der Waals surface area contributed by atoms with E-state index in [4.69, 9.17) is 30.8 Å². The summed E-state index contributed by atoms with van der Waals surface area (Å²) in [6, 6.07) is 14.9. The SMILES string of the molecule is CC.CC.CC.CC1(c2ccc(Cl)cn2)Oc2cccc(C3CCN(Cc4nc5ccc(C(=O)O)cc5n4CC4CCO4)CC3)c2O1. The highest BCUT2D eigenvalue weighted by Gasteiger charge is 2.42. The largest absolute Gasteiger partial charge is 0.478 e. The van der Waals surface area contributed by atoms with Crippen molar-refractivity contribution < 1.29 is 24.1 Å². The standard InChI is InChI=1S/C31H31ClN4O5.3C2H6/c1-31(27-8-6-21(32)16-33-27)40-26-4-2-3-23(29(26)41-31)19-9-12-35(13-10-19)18-28-34-24-7-5-20(30(37)38)15-25(24)36(28)17-22-11-14-39-22;3*1-2/h2-8,15-16,19,22H,9-14,17-18H2,1H3,(H,37,38);3*1-2H3. The molecule has 10 heteroatoms. The van der Waals surface area contributed by atoms with Gasteiger partial charge in [-0.25, -0.2) is 9.78 Å². The molecule has 2 aromatic carbocycles. The number of pyridine rings is 1. The Morgan fingerprint density at radius 2 is 1.72 bits per heavy atom. The zero-order valence-electron chi connectivity index (χ0n) is 28.8. The molecule has 7 rings (SSSR count). The van der Waals surface area contributed by atoms with Gasteiger partial charge in [-0.2, -0.15) is 0 Å². The van der Waals surface area contributed by atoms with E-state index in [1.807, 2.05) is 66.7 Å². The normalized spacial score (nSPS) is 20.1. The molecule has 3 aliphatic rings. The molecule has 4 aromatic rings. The van der Waals surface area contributed by atoms with Gasteiger partial charge >= 0.3 is 5.97 Å². The average Bonchev–Trinajstić information content (AvgIpc) is 3.62. The highest BCUT2D eigenvalue weighted by atomic mass is 35.5. The second-order valence-corrected chi connectivity index (χ2v) is 11.6. The molecular formula is C37H49ClN4O5. The zero-order chi connectivity index (χ0) is 34.1. The van der Waals surface area contributed by atoms with E-state index in [9.17, 15) is 9.90 Å². The van der Waals surface area contributed by atoms with Gasteiger partial charge in [-0.3, -0.25) is 9.88 Å². The Kier molecular flexibility index (Phi) is 12.7. The number of benzene rings is 2. The number of likely N-dealkylation sites (tertiary alicyclic amines) is 1. The topological polar surface area (TPSA) is 98.9 Å². The summed E-state index contributed by atoms with van der Waals surface area (Å²) < 4.78 is 20.6. The van der Waals surface area contributed by atoms with Crippen LogP contribution in [0.4, 0.5) is 0 Å². The van der Waals surface area contributed by atoms with E-state index < -0.39 is 11.8 Å². The van der Waals surface area contributed by atoms with E-state index in [1.54, 1.807) is 30.5 Å². The van der Waals surface area contributed by atoms with Crippen LogP contribution < -0.4 is 9.47 Å². The van der Waals surface area contributed by atoms with E-state index >= 15 is 0 Å². The number of carboxylic acid groups (broad SMARTS) is 1. The first-order chi connectivity index (χ1) is 22.9. The number of fused-ring (bicyclic) bond motifs is 2. The maximum Gasteiger partial charge on any atom is 0.335 e. The van der Waals surface area contributed by atoms with Crippen LogP contribution in [0.5, 0.6) is 11.5 Å². The van der Waals surface area contributed by atoms with Gasteiger partial charge in [-0.05, 0) is 74.7 Å². The molecular weight excluding hydrogens is 616 g/mol. The maximum absolute atomic E-state index is 11.6. The van der Waals surface area contributed by atoms with E-state index in [0.717, 1.165) is 72.9 Å². The number of hydrogen-bond acceptors (Lipinski definition) is 7. The van der Waals surface area contributed by atoms with Crippen molar-refractivity contribution in [3.8, 4) is 11.5 Å². The molecule has 1 N–H and O–H groups in total. The predicted octanol–water partition coefficient (Wildman–Crippen LogP) is 8.67. The lowest BCUT2D eigenvalue weighted by molar-refractivity contribution is -0.0722.